The van der Waals surface area contributed by atoms with Crippen molar-refractivity contribution in [2.45, 2.75) is 6.54 Å². The predicted octanol–water partition coefficient (Wildman–Crippen LogP) is 4.87. The van der Waals surface area contributed by atoms with Crippen molar-refractivity contribution in [2.24, 2.45) is 0 Å². The highest BCUT2D eigenvalue weighted by molar-refractivity contribution is 9.10. The van der Waals surface area contributed by atoms with E-state index >= 15 is 0 Å². The second-order valence-electron chi connectivity index (χ2n) is 5.16. The van der Waals surface area contributed by atoms with E-state index < -0.39 is 0 Å². The molecule has 0 aliphatic rings. The van der Waals surface area contributed by atoms with E-state index in [4.69, 9.17) is 4.74 Å². The van der Waals surface area contributed by atoms with Crippen LogP contribution in [0.25, 0.3) is 11.1 Å². The molecule has 0 aliphatic carbocycles. The SMILES string of the molecule is O=C(COc1ccc(-c2ccccc2)cc1Br)NCc1cccs1. The first-order valence-corrected chi connectivity index (χ1v) is 9.16. The molecule has 0 bridgehead atoms. The van der Waals surface area contributed by atoms with Crippen LogP contribution in [-0.2, 0) is 11.3 Å². The number of thiophene rings is 1. The molecule has 0 fully saturated rings. The Morgan fingerprint density at radius 1 is 1.04 bits per heavy atom. The molecule has 5 heteroatoms. The van der Waals surface area contributed by atoms with Crippen LogP contribution in [0.4, 0.5) is 0 Å². The number of carbonyl (C=O) groups is 1. The maximum atomic E-state index is 11.9. The zero-order valence-corrected chi connectivity index (χ0v) is 15.3. The summed E-state index contributed by atoms with van der Waals surface area (Å²) in [6, 6.07) is 19.9. The first-order valence-electron chi connectivity index (χ1n) is 7.49. The zero-order valence-electron chi connectivity index (χ0n) is 12.9. The number of benzene rings is 2. The Bertz CT molecular complexity index is 803. The number of hydrogen-bond acceptors (Lipinski definition) is 3. The van der Waals surface area contributed by atoms with E-state index in [-0.39, 0.29) is 12.5 Å². The van der Waals surface area contributed by atoms with Crippen LogP contribution in [-0.4, -0.2) is 12.5 Å². The number of amides is 1. The average molecular weight is 402 g/mol. The van der Waals surface area contributed by atoms with Crippen molar-refractivity contribution in [3.63, 3.8) is 0 Å². The number of hydrogen-bond donors (Lipinski definition) is 1. The molecule has 1 N–H and O–H groups in total. The highest BCUT2D eigenvalue weighted by atomic mass is 79.9. The van der Waals surface area contributed by atoms with E-state index in [1.54, 1.807) is 11.3 Å². The van der Waals surface area contributed by atoms with Gasteiger partial charge in [-0.3, -0.25) is 4.79 Å². The number of halogens is 1. The normalized spacial score (nSPS) is 10.4. The van der Waals surface area contributed by atoms with Gasteiger partial charge in [-0.2, -0.15) is 0 Å². The molecule has 3 nitrogen and oxygen atoms in total. The van der Waals surface area contributed by atoms with Gasteiger partial charge in [0, 0.05) is 4.88 Å². The van der Waals surface area contributed by atoms with Gasteiger partial charge in [0.2, 0.25) is 0 Å². The molecule has 0 spiro atoms. The van der Waals surface area contributed by atoms with Gasteiger partial charge in [0.25, 0.3) is 5.91 Å². The summed E-state index contributed by atoms with van der Waals surface area (Å²) in [6.45, 7) is 0.530. The summed E-state index contributed by atoms with van der Waals surface area (Å²) in [5, 5.41) is 4.83. The summed E-state index contributed by atoms with van der Waals surface area (Å²) < 4.78 is 6.43. The Hall–Kier alpha value is -2.11. The predicted molar refractivity (Wildman–Crippen MR) is 101 cm³/mol. The lowest BCUT2D eigenvalue weighted by molar-refractivity contribution is -0.123. The quantitative estimate of drug-likeness (QED) is 0.639. The minimum Gasteiger partial charge on any atom is -0.483 e. The van der Waals surface area contributed by atoms with E-state index in [9.17, 15) is 4.79 Å². The first-order chi connectivity index (χ1) is 11.7. The third-order valence-electron chi connectivity index (χ3n) is 3.44. The molecule has 1 aromatic heterocycles. The maximum Gasteiger partial charge on any atom is 0.258 e. The summed E-state index contributed by atoms with van der Waals surface area (Å²) in [6.07, 6.45) is 0. The fourth-order valence-electron chi connectivity index (χ4n) is 2.22. The van der Waals surface area contributed by atoms with Gasteiger partial charge in [0.1, 0.15) is 5.75 Å². The minimum absolute atomic E-state index is 0.00530. The van der Waals surface area contributed by atoms with Crippen molar-refractivity contribution >= 4 is 33.2 Å². The Labute approximate surface area is 153 Å². The third kappa shape index (κ3) is 4.46. The summed E-state index contributed by atoms with van der Waals surface area (Å²) in [5.41, 5.74) is 2.23. The van der Waals surface area contributed by atoms with Crippen molar-refractivity contribution in [2.75, 3.05) is 6.61 Å². The van der Waals surface area contributed by atoms with Crippen LogP contribution in [0.3, 0.4) is 0 Å². The van der Waals surface area contributed by atoms with Gasteiger partial charge in [-0.1, -0.05) is 42.5 Å². The second-order valence-corrected chi connectivity index (χ2v) is 7.04. The summed E-state index contributed by atoms with van der Waals surface area (Å²) in [5.74, 6) is 0.517. The minimum atomic E-state index is -0.137. The molecular weight excluding hydrogens is 386 g/mol. The molecule has 1 heterocycles. The fraction of sp³-hybridized carbons (Fsp3) is 0.105. The van der Waals surface area contributed by atoms with Crippen molar-refractivity contribution in [1.82, 2.24) is 5.32 Å². The third-order valence-corrected chi connectivity index (χ3v) is 4.93. The van der Waals surface area contributed by atoms with Crippen LogP contribution in [0.15, 0.2) is 70.5 Å². The molecule has 1 amide bonds. The monoisotopic (exact) mass is 401 g/mol. The number of rotatable bonds is 6. The molecule has 0 radical (unpaired) electrons. The number of carbonyl (C=O) groups excluding carboxylic acids is 1. The molecule has 0 aliphatic heterocycles. The standard InChI is InChI=1S/C19H16BrNO2S/c20-17-11-15(14-5-2-1-3-6-14)8-9-18(17)23-13-19(22)21-12-16-7-4-10-24-16/h1-11H,12-13H2,(H,21,22). The number of ether oxygens (including phenoxy) is 1. The highest BCUT2D eigenvalue weighted by Crippen LogP contribution is 2.30. The van der Waals surface area contributed by atoms with Crippen LogP contribution in [0.2, 0.25) is 0 Å². The Balaban J connectivity index is 1.56. The van der Waals surface area contributed by atoms with E-state index in [2.05, 4.69) is 33.4 Å². The summed E-state index contributed by atoms with van der Waals surface area (Å²) in [7, 11) is 0. The second kappa shape index (κ2) is 8.13. The summed E-state index contributed by atoms with van der Waals surface area (Å²) in [4.78, 5) is 13.0. The molecule has 2 aromatic carbocycles. The summed E-state index contributed by atoms with van der Waals surface area (Å²) >= 11 is 5.13. The lowest BCUT2D eigenvalue weighted by atomic mass is 10.1. The van der Waals surface area contributed by atoms with Gasteiger partial charge in [-0.05, 0) is 50.6 Å². The van der Waals surface area contributed by atoms with Gasteiger partial charge in [0.05, 0.1) is 11.0 Å². The van der Waals surface area contributed by atoms with E-state index in [0.29, 0.717) is 12.3 Å². The van der Waals surface area contributed by atoms with E-state index in [1.165, 1.54) is 0 Å². The molecule has 122 valence electrons. The van der Waals surface area contributed by atoms with Gasteiger partial charge in [-0.25, -0.2) is 0 Å². The molecule has 0 atom stereocenters. The Morgan fingerprint density at radius 3 is 2.58 bits per heavy atom. The average Bonchev–Trinajstić information content (AvgIpc) is 3.13. The maximum absolute atomic E-state index is 11.9. The van der Waals surface area contributed by atoms with Gasteiger partial charge in [-0.15, -0.1) is 11.3 Å². The number of nitrogens with one attached hydrogen (secondary N) is 1. The van der Waals surface area contributed by atoms with E-state index in [0.717, 1.165) is 20.5 Å². The smallest absolute Gasteiger partial charge is 0.258 e. The molecule has 3 aromatic rings. The molecule has 24 heavy (non-hydrogen) atoms. The van der Waals surface area contributed by atoms with Crippen LogP contribution in [0.1, 0.15) is 4.88 Å². The van der Waals surface area contributed by atoms with Crippen LogP contribution >= 0.6 is 27.3 Å². The lowest BCUT2D eigenvalue weighted by Gasteiger charge is -2.10. The van der Waals surface area contributed by atoms with Crippen molar-refractivity contribution in [3.8, 4) is 16.9 Å². The van der Waals surface area contributed by atoms with Crippen molar-refractivity contribution < 1.29 is 9.53 Å². The van der Waals surface area contributed by atoms with Gasteiger partial charge in [0.15, 0.2) is 6.61 Å². The zero-order chi connectivity index (χ0) is 16.8. The lowest BCUT2D eigenvalue weighted by Crippen LogP contribution is -2.28. The van der Waals surface area contributed by atoms with Crippen LogP contribution < -0.4 is 10.1 Å². The molecular formula is C19H16BrNO2S. The van der Waals surface area contributed by atoms with Crippen molar-refractivity contribution in [1.29, 1.82) is 0 Å². The van der Waals surface area contributed by atoms with Gasteiger partial charge < -0.3 is 10.1 Å². The topological polar surface area (TPSA) is 38.3 Å². The first kappa shape index (κ1) is 16.7. The molecule has 3 rings (SSSR count). The van der Waals surface area contributed by atoms with Crippen LogP contribution in [0.5, 0.6) is 5.75 Å². The largest absolute Gasteiger partial charge is 0.483 e. The highest BCUT2D eigenvalue weighted by Gasteiger charge is 2.07. The Kier molecular flexibility index (Phi) is 5.67. The molecule has 0 saturated heterocycles. The van der Waals surface area contributed by atoms with E-state index in [1.807, 2.05) is 53.9 Å². The van der Waals surface area contributed by atoms with Crippen molar-refractivity contribution in [3.05, 3.63) is 75.4 Å². The Morgan fingerprint density at radius 2 is 1.88 bits per heavy atom. The molecule has 0 unspecified atom stereocenters. The van der Waals surface area contributed by atoms with Crippen LogP contribution in [0, 0.1) is 0 Å². The fourth-order valence-corrected chi connectivity index (χ4v) is 3.36. The molecule has 0 saturated carbocycles. The van der Waals surface area contributed by atoms with Gasteiger partial charge >= 0.3 is 0 Å².